The van der Waals surface area contributed by atoms with Crippen molar-refractivity contribution in [3.05, 3.63) is 70.8 Å². The number of hydrogen-bond acceptors (Lipinski definition) is 3. The molecular weight excluding hydrogens is 310 g/mol. The summed E-state index contributed by atoms with van der Waals surface area (Å²) in [6.07, 6.45) is 0.835. The molecule has 3 aliphatic rings. The Morgan fingerprint density at radius 3 is 2.04 bits per heavy atom. The van der Waals surface area contributed by atoms with Gasteiger partial charge in [-0.15, -0.1) is 12.4 Å². The van der Waals surface area contributed by atoms with E-state index in [0.29, 0.717) is 19.1 Å². The summed E-state index contributed by atoms with van der Waals surface area (Å²) in [4.78, 5) is 12.5. The molecule has 2 aromatic carbocycles. The molecule has 0 saturated heterocycles. The van der Waals surface area contributed by atoms with Crippen LogP contribution in [0.3, 0.4) is 0 Å². The molecule has 5 rings (SSSR count). The van der Waals surface area contributed by atoms with Gasteiger partial charge in [0.25, 0.3) is 0 Å². The van der Waals surface area contributed by atoms with Gasteiger partial charge in [0, 0.05) is 18.4 Å². The molecule has 1 atom stereocenters. The second kappa shape index (κ2) is 6.34. The van der Waals surface area contributed by atoms with E-state index in [0.717, 1.165) is 6.42 Å². The number of hydrogen-bond donors (Lipinski definition) is 1. The van der Waals surface area contributed by atoms with Crippen LogP contribution < -0.4 is 5.73 Å². The zero-order chi connectivity index (χ0) is 15.1. The highest BCUT2D eigenvalue weighted by molar-refractivity contribution is 5.85. The minimum absolute atomic E-state index is 0. The number of nitrogens with two attached hydrogens (primary N) is 1. The minimum atomic E-state index is -0.107. The summed E-state index contributed by atoms with van der Waals surface area (Å²) < 4.78 is 5.35. The molecule has 2 bridgehead atoms. The van der Waals surface area contributed by atoms with Gasteiger partial charge in [-0.2, -0.15) is 0 Å². The van der Waals surface area contributed by atoms with Crippen LogP contribution >= 0.6 is 12.4 Å². The van der Waals surface area contributed by atoms with Gasteiger partial charge < -0.3 is 10.5 Å². The van der Waals surface area contributed by atoms with Crippen LogP contribution in [0, 0.1) is 5.92 Å². The van der Waals surface area contributed by atoms with E-state index in [4.69, 9.17) is 10.5 Å². The number of carbonyl (C=O) groups excluding carboxylic acids is 1. The Balaban J connectivity index is 0.00000156. The smallest absolute Gasteiger partial charge is 0.309 e. The molecule has 0 amide bonds. The van der Waals surface area contributed by atoms with Gasteiger partial charge in [0.05, 0.1) is 5.92 Å². The molecule has 3 nitrogen and oxygen atoms in total. The topological polar surface area (TPSA) is 52.3 Å². The number of benzene rings is 2. The lowest BCUT2D eigenvalue weighted by atomic mass is 9.59. The maximum Gasteiger partial charge on any atom is 0.309 e. The van der Waals surface area contributed by atoms with Crippen molar-refractivity contribution < 1.29 is 9.53 Å². The van der Waals surface area contributed by atoms with E-state index in [-0.39, 0.29) is 30.2 Å². The van der Waals surface area contributed by atoms with Gasteiger partial charge in [0.1, 0.15) is 6.61 Å². The van der Waals surface area contributed by atoms with Crippen molar-refractivity contribution in [1.29, 1.82) is 0 Å². The van der Waals surface area contributed by atoms with Crippen molar-refractivity contribution >= 4 is 18.4 Å². The zero-order valence-corrected chi connectivity index (χ0v) is 13.6. The van der Waals surface area contributed by atoms with Crippen molar-refractivity contribution in [1.82, 2.24) is 0 Å². The van der Waals surface area contributed by atoms with Gasteiger partial charge in [-0.3, -0.25) is 4.79 Å². The summed E-state index contributed by atoms with van der Waals surface area (Å²) in [5.41, 5.74) is 10.8. The van der Waals surface area contributed by atoms with Crippen LogP contribution in [-0.4, -0.2) is 19.1 Å². The predicted molar refractivity (Wildman–Crippen MR) is 91.9 cm³/mol. The number of fused-ring (bicyclic) bond motifs is 1. The van der Waals surface area contributed by atoms with Crippen molar-refractivity contribution in [3.63, 3.8) is 0 Å². The van der Waals surface area contributed by atoms with Crippen LogP contribution in [-0.2, 0) is 9.53 Å². The second-order valence-corrected chi connectivity index (χ2v) is 6.09. The third kappa shape index (κ3) is 2.44. The lowest BCUT2D eigenvalue weighted by Gasteiger charge is -2.44. The van der Waals surface area contributed by atoms with E-state index in [1.807, 2.05) is 0 Å². The highest BCUT2D eigenvalue weighted by Crippen LogP contribution is 2.55. The third-order valence-corrected chi connectivity index (χ3v) is 4.97. The van der Waals surface area contributed by atoms with Crippen LogP contribution in [0.4, 0.5) is 0 Å². The molecule has 0 spiro atoms. The Morgan fingerprint density at radius 2 is 1.52 bits per heavy atom. The van der Waals surface area contributed by atoms with Gasteiger partial charge in [-0.25, -0.2) is 0 Å². The van der Waals surface area contributed by atoms with Gasteiger partial charge in [-0.1, -0.05) is 48.5 Å². The summed E-state index contributed by atoms with van der Waals surface area (Å²) in [5.74, 6) is 0.210. The van der Waals surface area contributed by atoms with E-state index in [9.17, 15) is 4.79 Å². The highest BCUT2D eigenvalue weighted by Gasteiger charge is 2.46. The molecule has 0 saturated carbocycles. The Bertz CT molecular complexity index is 683. The molecule has 1 unspecified atom stereocenters. The molecular formula is C19H20ClNO2. The van der Waals surface area contributed by atoms with Crippen molar-refractivity contribution in [2.75, 3.05) is 13.2 Å². The maximum absolute atomic E-state index is 12.5. The van der Waals surface area contributed by atoms with Gasteiger partial charge >= 0.3 is 5.97 Å². The monoisotopic (exact) mass is 329 g/mol. The molecule has 0 heterocycles. The van der Waals surface area contributed by atoms with E-state index in [2.05, 4.69) is 48.5 Å². The van der Waals surface area contributed by atoms with E-state index < -0.39 is 0 Å². The molecule has 0 fully saturated rings. The molecule has 2 aromatic rings. The van der Waals surface area contributed by atoms with E-state index in [1.165, 1.54) is 22.3 Å². The Labute approximate surface area is 142 Å². The SMILES string of the molecule is Cl.NCCOC(=O)C1CC2c3ccccc3C1c1ccccc12. The molecule has 3 aliphatic carbocycles. The summed E-state index contributed by atoms with van der Waals surface area (Å²) in [6.45, 7) is 0.676. The first-order valence-electron chi connectivity index (χ1n) is 7.85. The van der Waals surface area contributed by atoms with Gasteiger partial charge in [0.2, 0.25) is 0 Å². The first kappa shape index (κ1) is 16.0. The molecule has 4 heteroatoms. The second-order valence-electron chi connectivity index (χ2n) is 6.09. The number of esters is 1. The first-order chi connectivity index (χ1) is 10.8. The average Bonchev–Trinajstić information content (AvgIpc) is 2.59. The van der Waals surface area contributed by atoms with E-state index in [1.54, 1.807) is 0 Å². The first-order valence-corrected chi connectivity index (χ1v) is 7.85. The fourth-order valence-electron chi connectivity index (χ4n) is 4.13. The molecule has 23 heavy (non-hydrogen) atoms. The summed E-state index contributed by atoms with van der Waals surface area (Å²) in [7, 11) is 0. The fourth-order valence-corrected chi connectivity index (χ4v) is 4.13. The Hall–Kier alpha value is -1.84. The largest absolute Gasteiger partial charge is 0.464 e. The van der Waals surface area contributed by atoms with Crippen LogP contribution in [0.2, 0.25) is 0 Å². The molecule has 0 aromatic heterocycles. The Morgan fingerprint density at radius 1 is 1.00 bits per heavy atom. The minimum Gasteiger partial charge on any atom is -0.464 e. The molecule has 0 aliphatic heterocycles. The summed E-state index contributed by atoms with van der Waals surface area (Å²) in [6, 6.07) is 17.0. The third-order valence-electron chi connectivity index (χ3n) is 4.97. The average molecular weight is 330 g/mol. The van der Waals surface area contributed by atoms with Gasteiger partial charge in [0.15, 0.2) is 0 Å². The lowest BCUT2D eigenvalue weighted by molar-refractivity contribution is -0.149. The van der Waals surface area contributed by atoms with Gasteiger partial charge in [-0.05, 0) is 28.7 Å². The predicted octanol–water partition coefficient (Wildman–Crippen LogP) is 3.21. The van der Waals surface area contributed by atoms with Crippen LogP contribution in [0.15, 0.2) is 48.5 Å². The van der Waals surface area contributed by atoms with Crippen LogP contribution in [0.1, 0.15) is 40.5 Å². The number of halogens is 1. The lowest BCUT2D eigenvalue weighted by Crippen LogP contribution is -2.37. The molecule has 120 valence electrons. The standard InChI is InChI=1S/C19H19NO2.ClH/c20-9-10-22-19(21)17-11-16-12-5-1-3-7-14(12)18(17)15-8-4-2-6-13(15)16;/h1-8,16-18H,9-11,20H2;1H. The number of rotatable bonds is 3. The van der Waals surface area contributed by atoms with Crippen molar-refractivity contribution in [3.8, 4) is 0 Å². The van der Waals surface area contributed by atoms with Crippen molar-refractivity contribution in [2.24, 2.45) is 11.7 Å². The maximum atomic E-state index is 12.5. The fraction of sp³-hybridized carbons (Fsp3) is 0.316. The highest BCUT2D eigenvalue weighted by atomic mass is 35.5. The van der Waals surface area contributed by atoms with Crippen LogP contribution in [0.25, 0.3) is 0 Å². The van der Waals surface area contributed by atoms with E-state index >= 15 is 0 Å². The zero-order valence-electron chi connectivity index (χ0n) is 12.8. The summed E-state index contributed by atoms with van der Waals surface area (Å²) in [5, 5.41) is 0. The normalized spacial score (nSPS) is 23.4. The number of ether oxygens (including phenoxy) is 1. The quantitative estimate of drug-likeness (QED) is 0.880. The molecule has 0 radical (unpaired) electrons. The molecule has 2 N–H and O–H groups in total. The van der Waals surface area contributed by atoms with Crippen LogP contribution in [0.5, 0.6) is 0 Å². The summed E-state index contributed by atoms with van der Waals surface area (Å²) >= 11 is 0. The Kier molecular flexibility index (Phi) is 4.42. The van der Waals surface area contributed by atoms with Crippen molar-refractivity contribution in [2.45, 2.75) is 18.3 Å². The number of carbonyl (C=O) groups is 1.